The number of hydrogen-bond acceptors (Lipinski definition) is 2. The molecule has 25 heavy (non-hydrogen) atoms. The first-order valence-corrected chi connectivity index (χ1v) is 9.72. The van der Waals surface area contributed by atoms with Gasteiger partial charge in [0.2, 0.25) is 5.91 Å². The Morgan fingerprint density at radius 3 is 2.76 bits per heavy atom. The highest BCUT2D eigenvalue weighted by atomic mass is 32.2. The lowest BCUT2D eigenvalue weighted by molar-refractivity contribution is -0.121. The Kier molecular flexibility index (Phi) is 6.18. The van der Waals surface area contributed by atoms with Crippen LogP contribution in [-0.2, 0) is 11.2 Å². The Bertz CT molecular complexity index is 823. The van der Waals surface area contributed by atoms with Crippen LogP contribution >= 0.6 is 11.8 Å². The standard InChI is InChI=1S/C21H24N2OS/c1-16-9-11-18(12-10-16)25-14-13-22-21(24)8-4-5-17-15-23-20-7-3-2-6-19(17)20/h2-3,6-7,9-12,15,23H,4-5,8,13-14H2,1H3,(H,22,24). The van der Waals surface area contributed by atoms with E-state index in [1.807, 2.05) is 6.07 Å². The van der Waals surface area contributed by atoms with E-state index in [2.05, 4.69) is 65.9 Å². The molecule has 3 nitrogen and oxygen atoms in total. The minimum atomic E-state index is 0.143. The Morgan fingerprint density at radius 2 is 1.92 bits per heavy atom. The molecule has 4 heteroatoms. The lowest BCUT2D eigenvalue weighted by atomic mass is 10.1. The van der Waals surface area contributed by atoms with Crippen LogP contribution in [0.25, 0.3) is 10.9 Å². The molecule has 3 rings (SSSR count). The van der Waals surface area contributed by atoms with Gasteiger partial charge in [-0.1, -0.05) is 35.9 Å². The second kappa shape index (κ2) is 8.77. The van der Waals surface area contributed by atoms with Crippen LogP contribution in [0.3, 0.4) is 0 Å². The molecule has 0 aliphatic rings. The first kappa shape index (κ1) is 17.6. The number of carbonyl (C=O) groups is 1. The molecule has 0 saturated carbocycles. The van der Waals surface area contributed by atoms with Gasteiger partial charge in [-0.25, -0.2) is 0 Å². The summed E-state index contributed by atoms with van der Waals surface area (Å²) in [5, 5.41) is 4.28. The maximum atomic E-state index is 12.0. The van der Waals surface area contributed by atoms with Gasteiger partial charge in [0.05, 0.1) is 0 Å². The van der Waals surface area contributed by atoms with Gasteiger partial charge in [0, 0.05) is 40.7 Å². The Labute approximate surface area is 153 Å². The fraction of sp³-hybridized carbons (Fsp3) is 0.286. The maximum absolute atomic E-state index is 12.0. The van der Waals surface area contributed by atoms with Gasteiger partial charge in [-0.15, -0.1) is 11.8 Å². The zero-order valence-corrected chi connectivity index (χ0v) is 15.4. The third-order valence-electron chi connectivity index (χ3n) is 4.24. The largest absolute Gasteiger partial charge is 0.361 e. The zero-order chi connectivity index (χ0) is 17.5. The third kappa shape index (κ3) is 5.13. The van der Waals surface area contributed by atoms with Gasteiger partial charge < -0.3 is 10.3 Å². The second-order valence-corrected chi connectivity index (χ2v) is 7.39. The van der Waals surface area contributed by atoms with Crippen molar-refractivity contribution in [3.05, 3.63) is 65.9 Å². The SMILES string of the molecule is Cc1ccc(SCCNC(=O)CCCc2c[nH]c3ccccc23)cc1. The van der Waals surface area contributed by atoms with Crippen LogP contribution in [0.5, 0.6) is 0 Å². The van der Waals surface area contributed by atoms with E-state index in [9.17, 15) is 4.79 Å². The molecule has 0 unspecified atom stereocenters. The number of fused-ring (bicyclic) bond motifs is 1. The Morgan fingerprint density at radius 1 is 1.12 bits per heavy atom. The smallest absolute Gasteiger partial charge is 0.220 e. The van der Waals surface area contributed by atoms with Crippen LogP contribution in [0, 0.1) is 6.92 Å². The van der Waals surface area contributed by atoms with Crippen molar-refractivity contribution in [2.75, 3.05) is 12.3 Å². The Hall–Kier alpha value is -2.20. The van der Waals surface area contributed by atoms with E-state index >= 15 is 0 Å². The number of aromatic nitrogens is 1. The van der Waals surface area contributed by atoms with Crippen molar-refractivity contribution in [1.29, 1.82) is 0 Å². The van der Waals surface area contributed by atoms with Gasteiger partial charge in [-0.3, -0.25) is 4.79 Å². The van der Waals surface area contributed by atoms with Crippen molar-refractivity contribution >= 4 is 28.6 Å². The molecule has 0 radical (unpaired) electrons. The van der Waals surface area contributed by atoms with E-state index in [1.165, 1.54) is 21.4 Å². The highest BCUT2D eigenvalue weighted by Crippen LogP contribution is 2.19. The van der Waals surface area contributed by atoms with Gasteiger partial charge in [-0.05, 0) is 43.5 Å². The summed E-state index contributed by atoms with van der Waals surface area (Å²) in [4.78, 5) is 16.5. The number of H-pyrrole nitrogens is 1. The molecular formula is C21H24N2OS. The molecule has 130 valence electrons. The van der Waals surface area contributed by atoms with Crippen LogP contribution in [0.2, 0.25) is 0 Å². The minimum Gasteiger partial charge on any atom is -0.361 e. The van der Waals surface area contributed by atoms with E-state index in [-0.39, 0.29) is 5.91 Å². The predicted molar refractivity (Wildman–Crippen MR) is 106 cm³/mol. The quantitative estimate of drug-likeness (QED) is 0.456. The number of benzene rings is 2. The highest BCUT2D eigenvalue weighted by molar-refractivity contribution is 7.99. The fourth-order valence-electron chi connectivity index (χ4n) is 2.86. The van der Waals surface area contributed by atoms with E-state index in [0.29, 0.717) is 13.0 Å². The summed E-state index contributed by atoms with van der Waals surface area (Å²) in [6, 6.07) is 16.8. The molecule has 2 N–H and O–H groups in total. The molecule has 1 heterocycles. The number of amides is 1. The van der Waals surface area contributed by atoms with Crippen molar-refractivity contribution in [2.24, 2.45) is 0 Å². The van der Waals surface area contributed by atoms with Gasteiger partial charge in [0.15, 0.2) is 0 Å². The maximum Gasteiger partial charge on any atom is 0.220 e. The second-order valence-electron chi connectivity index (χ2n) is 6.22. The van der Waals surface area contributed by atoms with Crippen LogP contribution < -0.4 is 5.32 Å². The first-order valence-electron chi connectivity index (χ1n) is 8.73. The number of hydrogen-bond donors (Lipinski definition) is 2. The monoisotopic (exact) mass is 352 g/mol. The van der Waals surface area contributed by atoms with Gasteiger partial charge >= 0.3 is 0 Å². The lowest BCUT2D eigenvalue weighted by Gasteiger charge is -2.05. The number of rotatable bonds is 8. The topological polar surface area (TPSA) is 44.9 Å². The number of aromatic amines is 1. The molecule has 1 amide bonds. The summed E-state index contributed by atoms with van der Waals surface area (Å²) in [6.07, 6.45) is 4.43. The summed E-state index contributed by atoms with van der Waals surface area (Å²) in [7, 11) is 0. The summed E-state index contributed by atoms with van der Waals surface area (Å²) >= 11 is 1.78. The number of thioether (sulfide) groups is 1. The normalized spacial score (nSPS) is 10.9. The van der Waals surface area contributed by atoms with Crippen LogP contribution in [0.15, 0.2) is 59.6 Å². The summed E-state index contributed by atoms with van der Waals surface area (Å²) in [6.45, 7) is 2.80. The molecular weight excluding hydrogens is 328 g/mol. The molecule has 0 saturated heterocycles. The van der Waals surface area contributed by atoms with E-state index in [4.69, 9.17) is 0 Å². The highest BCUT2D eigenvalue weighted by Gasteiger charge is 2.05. The molecule has 0 bridgehead atoms. The zero-order valence-electron chi connectivity index (χ0n) is 14.5. The molecule has 1 aromatic heterocycles. The van der Waals surface area contributed by atoms with Crippen LogP contribution in [0.1, 0.15) is 24.0 Å². The summed E-state index contributed by atoms with van der Waals surface area (Å²) in [5.41, 5.74) is 3.72. The number of aryl methyl sites for hydroxylation is 2. The van der Waals surface area contributed by atoms with Crippen molar-refractivity contribution in [1.82, 2.24) is 10.3 Å². The van der Waals surface area contributed by atoms with E-state index < -0.39 is 0 Å². The van der Waals surface area contributed by atoms with Crippen molar-refractivity contribution in [2.45, 2.75) is 31.1 Å². The van der Waals surface area contributed by atoms with Crippen molar-refractivity contribution < 1.29 is 4.79 Å². The van der Waals surface area contributed by atoms with Gasteiger partial charge in [0.1, 0.15) is 0 Å². The summed E-state index contributed by atoms with van der Waals surface area (Å²) in [5.74, 6) is 1.04. The number of para-hydroxylation sites is 1. The minimum absolute atomic E-state index is 0.143. The van der Waals surface area contributed by atoms with Gasteiger partial charge in [0.25, 0.3) is 0 Å². The molecule has 0 aliphatic heterocycles. The average molecular weight is 353 g/mol. The number of carbonyl (C=O) groups excluding carboxylic acids is 1. The lowest BCUT2D eigenvalue weighted by Crippen LogP contribution is -2.25. The van der Waals surface area contributed by atoms with E-state index in [0.717, 1.165) is 24.1 Å². The number of nitrogens with one attached hydrogen (secondary N) is 2. The molecule has 0 spiro atoms. The Balaban J connectivity index is 1.33. The van der Waals surface area contributed by atoms with Crippen LogP contribution in [-0.4, -0.2) is 23.2 Å². The predicted octanol–water partition coefficient (Wildman–Crippen LogP) is 4.71. The van der Waals surface area contributed by atoms with Gasteiger partial charge in [-0.2, -0.15) is 0 Å². The fourth-order valence-corrected chi connectivity index (χ4v) is 3.63. The average Bonchev–Trinajstić information content (AvgIpc) is 3.04. The van der Waals surface area contributed by atoms with Crippen molar-refractivity contribution in [3.63, 3.8) is 0 Å². The van der Waals surface area contributed by atoms with E-state index in [1.54, 1.807) is 11.8 Å². The molecule has 3 aromatic rings. The molecule has 2 aromatic carbocycles. The summed E-state index contributed by atoms with van der Waals surface area (Å²) < 4.78 is 0. The molecule has 0 aliphatic carbocycles. The third-order valence-corrected chi connectivity index (χ3v) is 5.25. The first-order chi connectivity index (χ1) is 12.2. The molecule has 0 fully saturated rings. The van der Waals surface area contributed by atoms with Crippen LogP contribution in [0.4, 0.5) is 0 Å². The van der Waals surface area contributed by atoms with Crippen molar-refractivity contribution in [3.8, 4) is 0 Å². The molecule has 0 atom stereocenters.